The number of nitrogens with zero attached hydrogens (tertiary/aromatic N) is 2. The number of carbonyl (C=O) groups excluding carboxylic acids is 1. The van der Waals surface area contributed by atoms with E-state index in [1.54, 1.807) is 6.07 Å². The van der Waals surface area contributed by atoms with Gasteiger partial charge >= 0.3 is 0 Å². The molecule has 3 aromatic rings. The normalized spacial score (nSPS) is 11.5. The van der Waals surface area contributed by atoms with Gasteiger partial charge in [-0.15, -0.1) is 0 Å². The van der Waals surface area contributed by atoms with E-state index in [2.05, 4.69) is 23.4 Å². The first-order valence-corrected chi connectivity index (χ1v) is 11.2. The van der Waals surface area contributed by atoms with Gasteiger partial charge in [0.25, 0.3) is 11.5 Å². The summed E-state index contributed by atoms with van der Waals surface area (Å²) in [4.78, 5) is 29.4. The summed E-state index contributed by atoms with van der Waals surface area (Å²) in [5.41, 5.74) is 4.19. The molecule has 0 bridgehead atoms. The van der Waals surface area contributed by atoms with E-state index in [1.807, 2.05) is 39.1 Å². The number of aromatic amines is 1. The Kier molecular flexibility index (Phi) is 6.93. The summed E-state index contributed by atoms with van der Waals surface area (Å²) < 4.78 is 11.8. The van der Waals surface area contributed by atoms with Crippen LogP contribution in [0.5, 0.6) is 0 Å². The first kappa shape index (κ1) is 23.1. The van der Waals surface area contributed by atoms with Crippen LogP contribution in [0.2, 0.25) is 0 Å². The molecule has 0 aliphatic rings. The van der Waals surface area contributed by atoms with Crippen LogP contribution < -0.4 is 11.4 Å². The molecule has 31 heavy (non-hydrogen) atoms. The van der Waals surface area contributed by atoms with Gasteiger partial charge in [-0.2, -0.15) is 0 Å². The van der Waals surface area contributed by atoms with Crippen molar-refractivity contribution in [2.75, 3.05) is 0 Å². The third kappa shape index (κ3) is 4.56. The van der Waals surface area contributed by atoms with Gasteiger partial charge in [0.15, 0.2) is 0 Å². The summed E-state index contributed by atoms with van der Waals surface area (Å²) in [6.07, 6.45) is 3.62. The predicted octanol–water partition coefficient (Wildman–Crippen LogP) is 4.56. The number of fused-ring (bicyclic) bond motifs is 1. The molecule has 2 aromatic heterocycles. The van der Waals surface area contributed by atoms with Gasteiger partial charge in [0.2, 0.25) is 0 Å². The Balaban J connectivity index is 2.07. The third-order valence-corrected chi connectivity index (χ3v) is 5.91. The van der Waals surface area contributed by atoms with Gasteiger partial charge in [-0.3, -0.25) is 14.6 Å². The molecule has 8 heteroatoms. The monoisotopic (exact) mass is 442 g/mol. The highest BCUT2D eigenvalue weighted by atomic mass is 32.2. The minimum Gasteiger partial charge on any atom is -0.345 e. The van der Waals surface area contributed by atoms with Crippen molar-refractivity contribution in [3.8, 4) is 0 Å². The number of hydrogen-bond donors (Lipinski definition) is 3. The minimum absolute atomic E-state index is 0.00566. The number of hydrogen-bond acceptors (Lipinski definition) is 5. The van der Waals surface area contributed by atoms with Crippen LogP contribution >= 0.6 is 12.0 Å². The minimum atomic E-state index is -0.395. The predicted molar refractivity (Wildman–Crippen MR) is 125 cm³/mol. The van der Waals surface area contributed by atoms with E-state index in [4.69, 9.17) is 5.84 Å². The molecule has 0 aliphatic heterocycles. The standard InChI is InChI=1S/C23H30N4O3S/c1-6-7-16-8-15(5)25-22(28)19(16)12-27(24)23(29)18-9-17(31-30)10-20-21(18)14(4)11-26(20)13(2)3/h8-11,13,30H,6-7,12,24H2,1-5H3,(H,25,28). The Morgan fingerprint density at radius 1 is 1.29 bits per heavy atom. The first-order chi connectivity index (χ1) is 14.7. The van der Waals surface area contributed by atoms with E-state index in [-0.39, 0.29) is 18.1 Å². The molecular formula is C23H30N4O3S. The number of pyridine rings is 1. The van der Waals surface area contributed by atoms with Crippen molar-refractivity contribution < 1.29 is 9.35 Å². The van der Waals surface area contributed by atoms with Gasteiger partial charge < -0.3 is 14.1 Å². The lowest BCUT2D eigenvalue weighted by Crippen LogP contribution is -2.39. The maximum Gasteiger partial charge on any atom is 0.268 e. The molecule has 1 aromatic carbocycles. The number of aryl methyl sites for hydroxylation is 3. The van der Waals surface area contributed by atoms with Gasteiger partial charge in [-0.25, -0.2) is 5.84 Å². The number of aromatic nitrogens is 2. The molecule has 0 aliphatic carbocycles. The van der Waals surface area contributed by atoms with Crippen molar-refractivity contribution >= 4 is 28.9 Å². The number of H-pyrrole nitrogens is 1. The second kappa shape index (κ2) is 9.30. The van der Waals surface area contributed by atoms with Crippen molar-refractivity contribution in [1.82, 2.24) is 14.6 Å². The number of rotatable bonds is 7. The first-order valence-electron chi connectivity index (χ1n) is 10.4. The van der Waals surface area contributed by atoms with Crippen LogP contribution in [-0.4, -0.2) is 25.0 Å². The number of hydrazine groups is 1. The maximum atomic E-state index is 13.4. The van der Waals surface area contributed by atoms with E-state index in [9.17, 15) is 14.1 Å². The Labute approximate surface area is 186 Å². The van der Waals surface area contributed by atoms with Gasteiger partial charge in [0.1, 0.15) is 0 Å². The fraction of sp³-hybridized carbons (Fsp3) is 0.391. The smallest absolute Gasteiger partial charge is 0.268 e. The second-order valence-electron chi connectivity index (χ2n) is 8.24. The van der Waals surface area contributed by atoms with Gasteiger partial charge in [-0.1, -0.05) is 13.3 Å². The number of nitrogens with two attached hydrogens (primary N) is 1. The third-order valence-electron chi connectivity index (χ3n) is 5.46. The lowest BCUT2D eigenvalue weighted by molar-refractivity contribution is 0.0744. The van der Waals surface area contributed by atoms with Crippen LogP contribution in [0.25, 0.3) is 10.9 Å². The topological polar surface area (TPSA) is 104 Å². The largest absolute Gasteiger partial charge is 0.345 e. The quantitative estimate of drug-likeness (QED) is 0.215. The number of amides is 1. The molecule has 0 atom stereocenters. The molecule has 0 radical (unpaired) electrons. The van der Waals surface area contributed by atoms with Crippen molar-refractivity contribution in [3.05, 3.63) is 62.7 Å². The van der Waals surface area contributed by atoms with Gasteiger partial charge in [0.05, 0.1) is 17.6 Å². The molecule has 1 amide bonds. The second-order valence-corrected chi connectivity index (χ2v) is 8.89. The summed E-state index contributed by atoms with van der Waals surface area (Å²) >= 11 is 0.594. The molecule has 4 N–H and O–H groups in total. The van der Waals surface area contributed by atoms with Crippen LogP contribution in [0.1, 0.15) is 66.0 Å². The summed E-state index contributed by atoms with van der Waals surface area (Å²) in [6.45, 7) is 9.97. The molecular weight excluding hydrogens is 412 g/mol. The molecule has 0 unspecified atom stereocenters. The number of carbonyl (C=O) groups is 1. The zero-order valence-corrected chi connectivity index (χ0v) is 19.5. The molecule has 0 fully saturated rings. The summed E-state index contributed by atoms with van der Waals surface area (Å²) in [6, 6.07) is 5.65. The average molecular weight is 443 g/mol. The van der Waals surface area contributed by atoms with Crippen molar-refractivity contribution in [1.29, 1.82) is 0 Å². The Morgan fingerprint density at radius 3 is 2.61 bits per heavy atom. The van der Waals surface area contributed by atoms with Crippen LogP contribution in [-0.2, 0) is 13.0 Å². The van der Waals surface area contributed by atoms with Gasteiger partial charge in [0, 0.05) is 45.8 Å². The van der Waals surface area contributed by atoms with E-state index in [1.165, 1.54) is 0 Å². The number of nitrogens with one attached hydrogen (secondary N) is 1. The van der Waals surface area contributed by atoms with Crippen LogP contribution in [0, 0.1) is 13.8 Å². The van der Waals surface area contributed by atoms with E-state index in [0.717, 1.165) is 45.6 Å². The lowest BCUT2D eigenvalue weighted by Gasteiger charge is -2.20. The van der Waals surface area contributed by atoms with Crippen LogP contribution in [0.15, 0.2) is 34.1 Å². The zero-order chi connectivity index (χ0) is 22.9. The van der Waals surface area contributed by atoms with E-state index in [0.29, 0.717) is 28.1 Å². The molecule has 0 saturated heterocycles. The fourth-order valence-electron chi connectivity index (χ4n) is 4.06. The van der Waals surface area contributed by atoms with Crippen molar-refractivity contribution in [2.24, 2.45) is 5.84 Å². The Hall–Kier alpha value is -2.55. The summed E-state index contributed by atoms with van der Waals surface area (Å²) in [5.74, 6) is 5.81. The Morgan fingerprint density at radius 2 is 2.00 bits per heavy atom. The molecule has 3 rings (SSSR count). The molecule has 7 nitrogen and oxygen atoms in total. The molecule has 0 saturated carbocycles. The Bertz CT molecular complexity index is 1180. The van der Waals surface area contributed by atoms with Gasteiger partial charge in [-0.05, 0) is 63.4 Å². The zero-order valence-electron chi connectivity index (χ0n) is 18.7. The summed E-state index contributed by atoms with van der Waals surface area (Å²) in [7, 11) is 0. The fourth-order valence-corrected chi connectivity index (χ4v) is 4.39. The highest BCUT2D eigenvalue weighted by Crippen LogP contribution is 2.32. The van der Waals surface area contributed by atoms with Crippen molar-refractivity contribution in [3.63, 3.8) is 0 Å². The maximum absolute atomic E-state index is 13.4. The lowest BCUT2D eigenvalue weighted by atomic mass is 10.0. The van der Waals surface area contributed by atoms with Crippen LogP contribution in [0.4, 0.5) is 0 Å². The van der Waals surface area contributed by atoms with Crippen LogP contribution in [0.3, 0.4) is 0 Å². The van der Waals surface area contributed by atoms with Crippen molar-refractivity contribution in [2.45, 2.75) is 64.9 Å². The van der Waals surface area contributed by atoms with E-state index < -0.39 is 5.91 Å². The molecule has 166 valence electrons. The van der Waals surface area contributed by atoms with E-state index >= 15 is 0 Å². The number of benzene rings is 1. The summed E-state index contributed by atoms with van der Waals surface area (Å²) in [5, 5.41) is 1.89. The molecule has 0 spiro atoms. The SMILES string of the molecule is CCCc1cc(C)[nH]c(=O)c1CN(N)C(=O)c1cc(SO)cc2c1c(C)cn2C(C)C. The highest BCUT2D eigenvalue weighted by molar-refractivity contribution is 7.93. The highest BCUT2D eigenvalue weighted by Gasteiger charge is 2.23. The average Bonchev–Trinajstić information content (AvgIpc) is 3.06. The molecule has 2 heterocycles.